The maximum absolute atomic E-state index is 5.67. The van der Waals surface area contributed by atoms with Crippen LogP contribution in [0.4, 0.5) is 5.82 Å². The quantitative estimate of drug-likeness (QED) is 0.720. The molecule has 3 aromatic rings. The maximum Gasteiger partial charge on any atom is 0.222 e. The van der Waals surface area contributed by atoms with Gasteiger partial charge in [-0.15, -0.1) is 0 Å². The predicted molar refractivity (Wildman–Crippen MR) is 105 cm³/mol. The number of methoxy groups -OCH3 is 1. The van der Waals surface area contributed by atoms with Crippen molar-refractivity contribution in [1.29, 1.82) is 0 Å². The number of fused-ring (bicyclic) bond motifs is 1. The van der Waals surface area contributed by atoms with Gasteiger partial charge in [-0.3, -0.25) is 4.68 Å². The van der Waals surface area contributed by atoms with Crippen LogP contribution >= 0.6 is 0 Å². The minimum atomic E-state index is 0.324. The zero-order valence-electron chi connectivity index (χ0n) is 16.0. The molecule has 2 unspecified atom stereocenters. The molecule has 0 spiro atoms. The number of hydrogen-bond acceptors (Lipinski definition) is 6. The molecule has 3 aromatic heterocycles. The van der Waals surface area contributed by atoms with Gasteiger partial charge < -0.3 is 14.8 Å². The number of hydrogen-bond donors (Lipinski definition) is 1. The van der Waals surface area contributed by atoms with Gasteiger partial charge in [-0.25, -0.2) is 9.97 Å². The molecule has 1 N–H and O–H groups in total. The summed E-state index contributed by atoms with van der Waals surface area (Å²) in [6, 6.07) is 8.27. The van der Waals surface area contributed by atoms with Crippen molar-refractivity contribution < 1.29 is 9.47 Å². The summed E-state index contributed by atoms with van der Waals surface area (Å²) in [6.07, 6.45) is 5.20. The van der Waals surface area contributed by atoms with Crippen LogP contribution in [-0.4, -0.2) is 45.6 Å². The standard InChI is InChI=1S/C20H25N5O2/c1-4-27-20-15(6-5-11-21-20)16-9-10-17-18(23-16)19(24-25(17)2)22-13-7-8-14(12-13)26-3/h5-6,9-11,13-14H,4,7-8,12H2,1-3H3,(H,22,24). The fraction of sp³-hybridized carbons (Fsp3) is 0.450. The Morgan fingerprint density at radius 3 is 2.93 bits per heavy atom. The van der Waals surface area contributed by atoms with Gasteiger partial charge >= 0.3 is 0 Å². The molecule has 0 saturated heterocycles. The van der Waals surface area contributed by atoms with Crippen LogP contribution in [0.25, 0.3) is 22.3 Å². The van der Waals surface area contributed by atoms with Crippen LogP contribution in [0.5, 0.6) is 5.88 Å². The van der Waals surface area contributed by atoms with E-state index in [9.17, 15) is 0 Å². The van der Waals surface area contributed by atoms with Gasteiger partial charge in [0.25, 0.3) is 0 Å². The molecule has 0 radical (unpaired) electrons. The Bertz CT molecular complexity index is 939. The van der Waals surface area contributed by atoms with Gasteiger partial charge in [0.15, 0.2) is 5.82 Å². The predicted octanol–water partition coefficient (Wildman–Crippen LogP) is 3.41. The number of rotatable bonds is 6. The molecule has 0 aromatic carbocycles. The first kappa shape index (κ1) is 17.7. The second-order valence-electron chi connectivity index (χ2n) is 6.84. The van der Waals surface area contributed by atoms with Crippen molar-refractivity contribution in [3.8, 4) is 17.1 Å². The summed E-state index contributed by atoms with van der Waals surface area (Å²) in [7, 11) is 3.72. The van der Waals surface area contributed by atoms with Crippen molar-refractivity contribution in [2.45, 2.75) is 38.3 Å². The van der Waals surface area contributed by atoms with E-state index in [-0.39, 0.29) is 0 Å². The number of ether oxygens (including phenoxy) is 2. The Hall–Kier alpha value is -2.67. The molecule has 142 valence electrons. The highest BCUT2D eigenvalue weighted by atomic mass is 16.5. The van der Waals surface area contributed by atoms with E-state index in [4.69, 9.17) is 14.5 Å². The van der Waals surface area contributed by atoms with Crippen LogP contribution in [0.15, 0.2) is 30.5 Å². The van der Waals surface area contributed by atoms with E-state index in [1.807, 2.05) is 42.9 Å². The molecule has 1 aliphatic rings. The topological polar surface area (TPSA) is 74.1 Å². The monoisotopic (exact) mass is 367 g/mol. The van der Waals surface area contributed by atoms with E-state index in [1.165, 1.54) is 0 Å². The van der Waals surface area contributed by atoms with E-state index in [0.717, 1.165) is 47.4 Å². The van der Waals surface area contributed by atoms with E-state index in [1.54, 1.807) is 13.3 Å². The van der Waals surface area contributed by atoms with Crippen LogP contribution < -0.4 is 10.1 Å². The third-order valence-corrected chi connectivity index (χ3v) is 5.08. The summed E-state index contributed by atoms with van der Waals surface area (Å²) in [5.74, 6) is 1.42. The van der Waals surface area contributed by atoms with E-state index in [0.29, 0.717) is 24.6 Å². The second-order valence-corrected chi connectivity index (χ2v) is 6.84. The molecule has 1 fully saturated rings. The molecule has 3 heterocycles. The van der Waals surface area contributed by atoms with Crippen molar-refractivity contribution in [3.63, 3.8) is 0 Å². The number of pyridine rings is 2. The Labute approximate surface area is 158 Å². The normalized spacial score (nSPS) is 19.5. The lowest BCUT2D eigenvalue weighted by Crippen LogP contribution is -2.18. The van der Waals surface area contributed by atoms with Gasteiger partial charge in [-0.05, 0) is 50.5 Å². The highest BCUT2D eigenvalue weighted by molar-refractivity contribution is 5.88. The average molecular weight is 367 g/mol. The van der Waals surface area contributed by atoms with Gasteiger partial charge in [0, 0.05) is 26.4 Å². The zero-order chi connectivity index (χ0) is 18.8. The summed E-state index contributed by atoms with van der Waals surface area (Å²) >= 11 is 0. The summed E-state index contributed by atoms with van der Waals surface area (Å²) in [5, 5.41) is 8.22. The lowest BCUT2D eigenvalue weighted by Gasteiger charge is -2.12. The van der Waals surface area contributed by atoms with Crippen molar-refractivity contribution in [3.05, 3.63) is 30.5 Å². The first-order valence-electron chi connectivity index (χ1n) is 9.40. The summed E-state index contributed by atoms with van der Waals surface area (Å²) in [5.41, 5.74) is 3.57. The van der Waals surface area contributed by atoms with Crippen LogP contribution in [0, 0.1) is 0 Å². The Morgan fingerprint density at radius 2 is 2.15 bits per heavy atom. The maximum atomic E-state index is 5.67. The molecule has 0 bridgehead atoms. The van der Waals surface area contributed by atoms with Gasteiger partial charge in [0.05, 0.1) is 29.5 Å². The number of aromatic nitrogens is 4. The van der Waals surface area contributed by atoms with Gasteiger partial charge in [-0.2, -0.15) is 5.10 Å². The molecule has 0 aliphatic heterocycles. The summed E-state index contributed by atoms with van der Waals surface area (Å²) in [4.78, 5) is 9.23. The highest BCUT2D eigenvalue weighted by Crippen LogP contribution is 2.31. The summed E-state index contributed by atoms with van der Waals surface area (Å²) in [6.45, 7) is 2.52. The van der Waals surface area contributed by atoms with Crippen LogP contribution in [-0.2, 0) is 11.8 Å². The fourth-order valence-electron chi connectivity index (χ4n) is 3.70. The lowest BCUT2D eigenvalue weighted by atomic mass is 10.1. The van der Waals surface area contributed by atoms with Crippen molar-refractivity contribution in [1.82, 2.24) is 19.7 Å². The minimum absolute atomic E-state index is 0.324. The second kappa shape index (κ2) is 7.52. The molecule has 2 atom stereocenters. The Kier molecular flexibility index (Phi) is 4.94. The molecule has 27 heavy (non-hydrogen) atoms. The Balaban J connectivity index is 1.70. The van der Waals surface area contributed by atoms with Crippen molar-refractivity contribution >= 4 is 16.9 Å². The number of aryl methyl sites for hydroxylation is 1. The SMILES string of the molecule is CCOc1ncccc1-c1ccc2c(n1)c(NC1CCC(OC)C1)nn2C. The van der Waals surface area contributed by atoms with Gasteiger partial charge in [0.2, 0.25) is 5.88 Å². The van der Waals surface area contributed by atoms with Crippen LogP contribution in [0.2, 0.25) is 0 Å². The van der Waals surface area contributed by atoms with Crippen LogP contribution in [0.1, 0.15) is 26.2 Å². The van der Waals surface area contributed by atoms with E-state index >= 15 is 0 Å². The molecule has 4 rings (SSSR count). The Morgan fingerprint density at radius 1 is 1.26 bits per heavy atom. The molecule has 1 saturated carbocycles. The average Bonchev–Trinajstić information content (AvgIpc) is 3.27. The zero-order valence-corrected chi connectivity index (χ0v) is 16.0. The first-order chi connectivity index (χ1) is 13.2. The van der Waals surface area contributed by atoms with E-state index in [2.05, 4.69) is 15.4 Å². The van der Waals surface area contributed by atoms with Crippen LogP contribution in [0.3, 0.4) is 0 Å². The number of anilines is 1. The summed E-state index contributed by atoms with van der Waals surface area (Å²) < 4.78 is 13.0. The third kappa shape index (κ3) is 3.47. The largest absolute Gasteiger partial charge is 0.477 e. The van der Waals surface area contributed by atoms with Crippen molar-refractivity contribution in [2.24, 2.45) is 7.05 Å². The fourth-order valence-corrected chi connectivity index (χ4v) is 3.70. The van der Waals surface area contributed by atoms with Gasteiger partial charge in [0.1, 0.15) is 5.52 Å². The smallest absolute Gasteiger partial charge is 0.222 e. The molecular weight excluding hydrogens is 342 g/mol. The molecule has 7 heteroatoms. The van der Waals surface area contributed by atoms with Crippen molar-refractivity contribution in [2.75, 3.05) is 19.0 Å². The molecule has 1 aliphatic carbocycles. The third-order valence-electron chi connectivity index (χ3n) is 5.08. The number of nitrogens with one attached hydrogen (secondary N) is 1. The lowest BCUT2D eigenvalue weighted by molar-refractivity contribution is 0.108. The van der Waals surface area contributed by atoms with Gasteiger partial charge in [-0.1, -0.05) is 0 Å². The molecule has 7 nitrogen and oxygen atoms in total. The number of nitrogens with zero attached hydrogens (tertiary/aromatic N) is 4. The molecular formula is C20H25N5O2. The highest BCUT2D eigenvalue weighted by Gasteiger charge is 2.26. The first-order valence-corrected chi connectivity index (χ1v) is 9.40. The molecule has 0 amide bonds. The minimum Gasteiger partial charge on any atom is -0.477 e. The van der Waals surface area contributed by atoms with E-state index < -0.39 is 0 Å².